The molecule has 0 fully saturated rings. The molecule has 0 saturated heterocycles. The Morgan fingerprint density at radius 2 is 1.94 bits per heavy atom. The third-order valence-corrected chi connectivity index (χ3v) is 6.00. The fourth-order valence-corrected chi connectivity index (χ4v) is 4.25. The fraction of sp³-hybridized carbons (Fsp3) is 0.154. The van der Waals surface area contributed by atoms with Crippen LogP contribution in [-0.2, 0) is 18.9 Å². The summed E-state index contributed by atoms with van der Waals surface area (Å²) in [4.78, 5) is 20.2. The highest BCUT2D eigenvalue weighted by Gasteiger charge is 2.20. The van der Waals surface area contributed by atoms with Gasteiger partial charge in [0.05, 0.1) is 30.8 Å². The number of nitrogens with zero attached hydrogens (tertiary/aromatic N) is 5. The van der Waals surface area contributed by atoms with E-state index in [4.69, 9.17) is 9.72 Å². The fourth-order valence-electron chi connectivity index (χ4n) is 4.25. The van der Waals surface area contributed by atoms with Crippen LogP contribution in [0.4, 0.5) is 5.69 Å². The zero-order valence-corrected chi connectivity index (χ0v) is 20.0. The van der Waals surface area contributed by atoms with Gasteiger partial charge in [-0.1, -0.05) is 18.7 Å². The number of benzene rings is 1. The van der Waals surface area contributed by atoms with Crippen molar-refractivity contribution in [2.24, 2.45) is 14.1 Å². The van der Waals surface area contributed by atoms with E-state index < -0.39 is 0 Å². The summed E-state index contributed by atoms with van der Waals surface area (Å²) in [7, 11) is 5.34. The maximum Gasteiger partial charge on any atom is 0.247 e. The first-order valence-electron chi connectivity index (χ1n) is 11.0. The summed E-state index contributed by atoms with van der Waals surface area (Å²) in [6.07, 6.45) is 8.60. The monoisotopic (exact) mass is 467 g/mol. The largest absolute Gasteiger partial charge is 0.481 e. The molecule has 9 heteroatoms. The molecule has 0 saturated carbocycles. The average Bonchev–Trinajstić information content (AvgIpc) is 3.56. The van der Waals surface area contributed by atoms with Crippen molar-refractivity contribution in [3.8, 4) is 39.4 Å². The number of nitrogens with one attached hydrogen (secondary N) is 2. The molecule has 176 valence electrons. The van der Waals surface area contributed by atoms with Crippen molar-refractivity contribution in [1.82, 2.24) is 29.5 Å². The van der Waals surface area contributed by atoms with Crippen LogP contribution in [0, 0.1) is 6.92 Å². The van der Waals surface area contributed by atoms with Crippen molar-refractivity contribution in [1.29, 1.82) is 0 Å². The number of pyridine rings is 1. The van der Waals surface area contributed by atoms with Gasteiger partial charge < -0.3 is 15.0 Å². The lowest BCUT2D eigenvalue weighted by Gasteiger charge is -2.11. The number of hydrogen-bond donors (Lipinski definition) is 2. The summed E-state index contributed by atoms with van der Waals surface area (Å²) in [5.41, 5.74) is 7.84. The molecule has 9 nitrogen and oxygen atoms in total. The lowest BCUT2D eigenvalue weighted by molar-refractivity contribution is -0.111. The lowest BCUT2D eigenvalue weighted by atomic mass is 9.97. The zero-order chi connectivity index (χ0) is 24.7. The number of H-pyrrole nitrogens is 1. The predicted octanol–water partition coefficient (Wildman–Crippen LogP) is 4.47. The van der Waals surface area contributed by atoms with Crippen LogP contribution >= 0.6 is 0 Å². The summed E-state index contributed by atoms with van der Waals surface area (Å²) in [5, 5.41) is 12.5. The van der Waals surface area contributed by atoms with E-state index in [1.54, 1.807) is 28.9 Å². The second-order valence-corrected chi connectivity index (χ2v) is 8.31. The third kappa shape index (κ3) is 3.86. The number of fused-ring (bicyclic) bond motifs is 1. The number of ether oxygens (including phenoxy) is 1. The molecule has 0 spiro atoms. The molecule has 35 heavy (non-hydrogen) atoms. The molecule has 0 aliphatic rings. The summed E-state index contributed by atoms with van der Waals surface area (Å²) >= 11 is 0. The van der Waals surface area contributed by atoms with Crippen LogP contribution < -0.4 is 10.1 Å². The van der Waals surface area contributed by atoms with E-state index in [-0.39, 0.29) is 5.91 Å². The predicted molar refractivity (Wildman–Crippen MR) is 136 cm³/mol. The molecular formula is C26H25N7O2. The van der Waals surface area contributed by atoms with Gasteiger partial charge in [0.2, 0.25) is 11.8 Å². The summed E-state index contributed by atoms with van der Waals surface area (Å²) in [6, 6.07) is 8.08. The van der Waals surface area contributed by atoms with Crippen LogP contribution in [0.5, 0.6) is 5.88 Å². The minimum Gasteiger partial charge on any atom is -0.481 e. The second-order valence-electron chi connectivity index (χ2n) is 8.31. The first-order valence-corrected chi connectivity index (χ1v) is 11.0. The van der Waals surface area contributed by atoms with Crippen LogP contribution in [0.2, 0.25) is 0 Å². The maximum atomic E-state index is 12.0. The first-order chi connectivity index (χ1) is 16.9. The van der Waals surface area contributed by atoms with E-state index in [2.05, 4.69) is 33.1 Å². The van der Waals surface area contributed by atoms with E-state index >= 15 is 0 Å². The molecule has 1 aromatic carbocycles. The standard InChI is InChI=1S/C26H25N7O2/c1-6-22(34)30-21-10-16(8-7-15(21)2)23-19-9-17(20-13-29-33(4)26(20)35-5)11-27-25(19)31-24(23)18-12-28-32(3)14-18/h6-14H,1H2,2-5H3,(H,27,31)(H,30,34). The van der Waals surface area contributed by atoms with Crippen molar-refractivity contribution in [2.75, 3.05) is 12.4 Å². The number of aryl methyl sites for hydroxylation is 3. The van der Waals surface area contributed by atoms with Crippen molar-refractivity contribution in [2.45, 2.75) is 6.92 Å². The molecule has 4 heterocycles. The van der Waals surface area contributed by atoms with Gasteiger partial charge in [-0.25, -0.2) is 9.67 Å². The SMILES string of the molecule is C=CC(=O)Nc1cc(-c2c(-c3cnn(C)c3)[nH]c3ncc(-c4cnn(C)c4OC)cc23)ccc1C. The normalized spacial score (nSPS) is 11.1. The highest BCUT2D eigenvalue weighted by molar-refractivity contribution is 6.05. The van der Waals surface area contributed by atoms with Crippen LogP contribution in [-0.4, -0.2) is 42.5 Å². The van der Waals surface area contributed by atoms with Crippen molar-refractivity contribution < 1.29 is 9.53 Å². The van der Waals surface area contributed by atoms with Gasteiger partial charge in [-0.2, -0.15) is 10.2 Å². The Morgan fingerprint density at radius 1 is 1.11 bits per heavy atom. The van der Waals surface area contributed by atoms with Crippen LogP contribution in [0.3, 0.4) is 0 Å². The van der Waals surface area contributed by atoms with Gasteiger partial charge in [0.15, 0.2) is 0 Å². The molecule has 5 aromatic rings. The zero-order valence-electron chi connectivity index (χ0n) is 20.0. The van der Waals surface area contributed by atoms with Crippen LogP contribution in [0.1, 0.15) is 5.56 Å². The molecule has 2 N–H and O–H groups in total. The minimum atomic E-state index is -0.260. The Labute approximate surface area is 202 Å². The molecular weight excluding hydrogens is 442 g/mol. The number of amides is 1. The molecule has 0 bridgehead atoms. The maximum absolute atomic E-state index is 12.0. The molecule has 4 aromatic heterocycles. The Morgan fingerprint density at radius 3 is 2.66 bits per heavy atom. The Balaban J connectivity index is 1.76. The second kappa shape index (κ2) is 8.60. The lowest BCUT2D eigenvalue weighted by Crippen LogP contribution is -2.08. The molecule has 0 aliphatic heterocycles. The number of anilines is 1. The van der Waals surface area contributed by atoms with E-state index in [0.29, 0.717) is 5.88 Å². The van der Waals surface area contributed by atoms with Gasteiger partial charge in [0, 0.05) is 54.3 Å². The molecule has 0 radical (unpaired) electrons. The van der Waals surface area contributed by atoms with Gasteiger partial charge in [-0.15, -0.1) is 0 Å². The Kier molecular flexibility index (Phi) is 5.44. The number of aromatic amines is 1. The Bertz CT molecular complexity index is 1590. The van der Waals surface area contributed by atoms with E-state index in [0.717, 1.165) is 55.8 Å². The smallest absolute Gasteiger partial charge is 0.247 e. The highest BCUT2D eigenvalue weighted by atomic mass is 16.5. The van der Waals surface area contributed by atoms with Gasteiger partial charge in [-0.05, 0) is 36.3 Å². The summed E-state index contributed by atoms with van der Waals surface area (Å²) in [6.45, 7) is 5.51. The van der Waals surface area contributed by atoms with Crippen molar-refractivity contribution >= 4 is 22.6 Å². The van der Waals surface area contributed by atoms with E-state index in [1.807, 2.05) is 51.6 Å². The van der Waals surface area contributed by atoms with Gasteiger partial charge >= 0.3 is 0 Å². The Hall–Kier alpha value is -4.66. The minimum absolute atomic E-state index is 0.260. The van der Waals surface area contributed by atoms with Gasteiger partial charge in [0.25, 0.3) is 0 Å². The van der Waals surface area contributed by atoms with Crippen LogP contribution in [0.25, 0.3) is 44.5 Å². The topological polar surface area (TPSA) is 103 Å². The van der Waals surface area contributed by atoms with Crippen LogP contribution in [0.15, 0.2) is 61.7 Å². The molecule has 0 atom stereocenters. The number of carbonyl (C=O) groups excluding carboxylic acids is 1. The number of carbonyl (C=O) groups is 1. The van der Waals surface area contributed by atoms with E-state index in [9.17, 15) is 4.79 Å². The van der Waals surface area contributed by atoms with Gasteiger partial charge in [0.1, 0.15) is 5.65 Å². The molecule has 0 aliphatic carbocycles. The number of aromatic nitrogens is 6. The molecule has 1 amide bonds. The first kappa shape index (κ1) is 22.1. The molecule has 0 unspecified atom stereocenters. The third-order valence-electron chi connectivity index (χ3n) is 6.00. The average molecular weight is 468 g/mol. The number of rotatable bonds is 6. The molecule has 5 rings (SSSR count). The number of hydrogen-bond acceptors (Lipinski definition) is 5. The summed E-state index contributed by atoms with van der Waals surface area (Å²) < 4.78 is 9.00. The summed E-state index contributed by atoms with van der Waals surface area (Å²) in [5.74, 6) is 0.393. The van der Waals surface area contributed by atoms with Crippen molar-refractivity contribution in [3.05, 3.63) is 67.3 Å². The quantitative estimate of drug-likeness (QED) is 0.359. The number of methoxy groups -OCH3 is 1. The van der Waals surface area contributed by atoms with Crippen molar-refractivity contribution in [3.63, 3.8) is 0 Å². The van der Waals surface area contributed by atoms with E-state index in [1.165, 1.54) is 6.08 Å². The highest BCUT2D eigenvalue weighted by Crippen LogP contribution is 2.41. The van der Waals surface area contributed by atoms with Gasteiger partial charge in [-0.3, -0.25) is 9.48 Å².